The lowest BCUT2D eigenvalue weighted by molar-refractivity contribution is -0.125. The number of hydrogen-bond donors (Lipinski definition) is 2. The Balaban J connectivity index is 0.00000306. The van der Waals surface area contributed by atoms with Crippen molar-refractivity contribution in [1.82, 2.24) is 30.3 Å². The molecule has 1 spiro atoms. The van der Waals surface area contributed by atoms with E-state index in [1.807, 2.05) is 18.5 Å². The molecular formula is C23H42IN7O2. The van der Waals surface area contributed by atoms with Crippen LogP contribution in [0.5, 0.6) is 0 Å². The quantitative estimate of drug-likeness (QED) is 0.202. The van der Waals surface area contributed by atoms with Crippen LogP contribution in [0, 0.1) is 12.3 Å². The van der Waals surface area contributed by atoms with E-state index in [1.54, 1.807) is 0 Å². The van der Waals surface area contributed by atoms with Gasteiger partial charge in [-0.05, 0) is 46.1 Å². The third-order valence-corrected chi connectivity index (χ3v) is 7.61. The van der Waals surface area contributed by atoms with Crippen molar-refractivity contribution >= 4 is 29.9 Å². The summed E-state index contributed by atoms with van der Waals surface area (Å²) in [5, 5.41) is 15.8. The molecule has 2 N–H and O–H groups in total. The fraction of sp³-hybridized carbons (Fsp3) is 0.870. The summed E-state index contributed by atoms with van der Waals surface area (Å²) in [7, 11) is 2.00. The lowest BCUT2D eigenvalue weighted by Gasteiger charge is -2.54. The number of guanidine groups is 1. The van der Waals surface area contributed by atoms with Crippen LogP contribution >= 0.6 is 24.0 Å². The molecule has 3 aliphatic rings. The summed E-state index contributed by atoms with van der Waals surface area (Å²) >= 11 is 0. The van der Waals surface area contributed by atoms with Crippen LogP contribution in [0.1, 0.15) is 57.1 Å². The average Bonchev–Trinajstić information content (AvgIpc) is 3.44. The fourth-order valence-electron chi connectivity index (χ4n) is 5.48. The van der Waals surface area contributed by atoms with E-state index in [4.69, 9.17) is 14.5 Å². The van der Waals surface area contributed by atoms with Crippen LogP contribution in [0.15, 0.2) is 4.99 Å². The molecule has 0 radical (unpaired) electrons. The smallest absolute Gasteiger partial charge is 0.191 e. The molecule has 33 heavy (non-hydrogen) atoms. The van der Waals surface area contributed by atoms with Gasteiger partial charge in [-0.3, -0.25) is 4.90 Å². The Bertz CT molecular complexity index is 760. The lowest BCUT2D eigenvalue weighted by atomic mass is 9.60. The van der Waals surface area contributed by atoms with Crippen molar-refractivity contribution in [2.45, 2.75) is 71.1 Å². The van der Waals surface area contributed by atoms with Gasteiger partial charge >= 0.3 is 0 Å². The summed E-state index contributed by atoms with van der Waals surface area (Å²) in [6.45, 7) is 11.2. The number of morpholine rings is 1. The van der Waals surface area contributed by atoms with Gasteiger partial charge in [0.15, 0.2) is 11.8 Å². The van der Waals surface area contributed by atoms with Gasteiger partial charge in [0.1, 0.15) is 12.4 Å². The number of nitrogens with one attached hydrogen (secondary N) is 2. The maximum atomic E-state index is 6.10. The number of nitrogens with zero attached hydrogens (tertiary/aromatic N) is 5. The lowest BCUT2D eigenvalue weighted by Crippen LogP contribution is -2.65. The predicted octanol–water partition coefficient (Wildman–Crippen LogP) is 2.24. The molecule has 9 nitrogen and oxygen atoms in total. The zero-order chi connectivity index (χ0) is 22.4. The number of aliphatic imine (C=N–C) groups is 1. The minimum absolute atomic E-state index is 0. The Hall–Kier alpha value is -0.980. The Morgan fingerprint density at radius 2 is 2.00 bits per heavy atom. The van der Waals surface area contributed by atoms with E-state index in [1.165, 1.54) is 25.7 Å². The topological polar surface area (TPSA) is 88.8 Å². The Morgan fingerprint density at radius 3 is 2.67 bits per heavy atom. The van der Waals surface area contributed by atoms with Crippen molar-refractivity contribution in [3.05, 3.63) is 11.6 Å². The van der Waals surface area contributed by atoms with Crippen LogP contribution in [0.4, 0.5) is 0 Å². The molecule has 188 valence electrons. The van der Waals surface area contributed by atoms with Gasteiger partial charge < -0.3 is 24.7 Å². The van der Waals surface area contributed by atoms with Crippen molar-refractivity contribution in [1.29, 1.82) is 0 Å². The van der Waals surface area contributed by atoms with Gasteiger partial charge in [-0.15, -0.1) is 34.2 Å². The summed E-state index contributed by atoms with van der Waals surface area (Å²) in [6.07, 6.45) is 7.65. The summed E-state index contributed by atoms with van der Waals surface area (Å²) in [6, 6.07) is 0.424. The number of rotatable bonds is 9. The second kappa shape index (κ2) is 12.6. The van der Waals surface area contributed by atoms with Crippen LogP contribution in [-0.2, 0) is 23.1 Å². The number of ether oxygens (including phenoxy) is 2. The molecule has 1 aromatic rings. The highest BCUT2D eigenvalue weighted by Crippen LogP contribution is 2.54. The molecule has 2 saturated carbocycles. The van der Waals surface area contributed by atoms with Crippen molar-refractivity contribution in [2.24, 2.45) is 17.5 Å². The van der Waals surface area contributed by atoms with Gasteiger partial charge in [-0.1, -0.05) is 12.8 Å². The molecule has 2 atom stereocenters. The number of halogens is 1. The van der Waals surface area contributed by atoms with Gasteiger partial charge in [-0.2, -0.15) is 0 Å². The molecule has 4 rings (SSSR count). The minimum Gasteiger partial charge on any atom is -0.379 e. The van der Waals surface area contributed by atoms with Gasteiger partial charge in [0.2, 0.25) is 0 Å². The highest BCUT2D eigenvalue weighted by molar-refractivity contribution is 14.0. The minimum atomic E-state index is 0. The van der Waals surface area contributed by atoms with Crippen molar-refractivity contribution in [3.8, 4) is 0 Å². The Kier molecular flexibility index (Phi) is 10.2. The highest BCUT2D eigenvalue weighted by Gasteiger charge is 2.56. The van der Waals surface area contributed by atoms with E-state index in [0.29, 0.717) is 18.7 Å². The number of aryl methyl sites for hydroxylation is 1. The standard InChI is InChI=1S/C23H41N7O2.HI/c1-4-32-20-16-19(23(20)8-5-6-9-23)26-22(25-17-21-28-27-18(2)29(21)3)24-10-7-11-30-12-14-31-15-13-30;/h19-20H,4-17H2,1-3H3,(H2,24,25,26);1H. The molecular weight excluding hydrogens is 533 g/mol. The van der Waals surface area contributed by atoms with Crippen LogP contribution in [0.25, 0.3) is 0 Å². The monoisotopic (exact) mass is 575 g/mol. The van der Waals surface area contributed by atoms with E-state index < -0.39 is 0 Å². The van der Waals surface area contributed by atoms with E-state index in [-0.39, 0.29) is 29.4 Å². The maximum absolute atomic E-state index is 6.10. The second-order valence-corrected chi connectivity index (χ2v) is 9.44. The largest absolute Gasteiger partial charge is 0.379 e. The molecule has 2 unspecified atom stereocenters. The van der Waals surface area contributed by atoms with Crippen LogP contribution in [0.2, 0.25) is 0 Å². The third-order valence-electron chi connectivity index (χ3n) is 7.61. The number of hydrogen-bond acceptors (Lipinski definition) is 6. The van der Waals surface area contributed by atoms with E-state index >= 15 is 0 Å². The number of aromatic nitrogens is 3. The summed E-state index contributed by atoms with van der Waals surface area (Å²) in [5.74, 6) is 2.68. The summed E-state index contributed by atoms with van der Waals surface area (Å²) in [5.41, 5.74) is 0.271. The first-order valence-electron chi connectivity index (χ1n) is 12.4. The first-order valence-corrected chi connectivity index (χ1v) is 12.4. The average molecular weight is 576 g/mol. The van der Waals surface area contributed by atoms with E-state index in [2.05, 4.69) is 32.7 Å². The molecule has 3 fully saturated rings. The molecule has 0 amide bonds. The van der Waals surface area contributed by atoms with Gasteiger partial charge in [-0.25, -0.2) is 4.99 Å². The van der Waals surface area contributed by atoms with Crippen molar-refractivity contribution < 1.29 is 9.47 Å². The molecule has 2 aliphatic carbocycles. The Labute approximate surface area is 215 Å². The zero-order valence-electron chi connectivity index (χ0n) is 20.5. The van der Waals surface area contributed by atoms with Crippen molar-refractivity contribution in [3.63, 3.8) is 0 Å². The molecule has 1 aliphatic heterocycles. The molecule has 0 bridgehead atoms. The van der Waals surface area contributed by atoms with Crippen LogP contribution < -0.4 is 10.6 Å². The Morgan fingerprint density at radius 1 is 1.24 bits per heavy atom. The third kappa shape index (κ3) is 6.37. The summed E-state index contributed by atoms with van der Waals surface area (Å²) in [4.78, 5) is 7.37. The zero-order valence-corrected chi connectivity index (χ0v) is 22.8. The molecule has 1 saturated heterocycles. The SMILES string of the molecule is CCOC1CC(NC(=NCc2nnc(C)n2C)NCCCN2CCOCC2)C12CCCC2.I. The highest BCUT2D eigenvalue weighted by atomic mass is 127. The summed E-state index contributed by atoms with van der Waals surface area (Å²) < 4.78 is 13.6. The predicted molar refractivity (Wildman–Crippen MR) is 140 cm³/mol. The van der Waals surface area contributed by atoms with Crippen LogP contribution in [0.3, 0.4) is 0 Å². The van der Waals surface area contributed by atoms with E-state index in [0.717, 1.165) is 76.4 Å². The van der Waals surface area contributed by atoms with Crippen LogP contribution in [-0.4, -0.2) is 83.8 Å². The molecule has 10 heteroatoms. The van der Waals surface area contributed by atoms with Gasteiger partial charge in [0.25, 0.3) is 0 Å². The first-order chi connectivity index (χ1) is 15.6. The molecule has 0 aromatic carbocycles. The maximum Gasteiger partial charge on any atom is 0.191 e. The second-order valence-electron chi connectivity index (χ2n) is 9.44. The molecule has 1 aromatic heterocycles. The first kappa shape index (κ1) is 26.6. The van der Waals surface area contributed by atoms with Crippen molar-refractivity contribution in [2.75, 3.05) is 46.0 Å². The van der Waals surface area contributed by atoms with Gasteiger partial charge in [0, 0.05) is 44.7 Å². The van der Waals surface area contributed by atoms with E-state index in [9.17, 15) is 0 Å². The van der Waals surface area contributed by atoms with Gasteiger partial charge in [0.05, 0.1) is 19.3 Å². The molecule has 2 heterocycles. The normalized spacial score (nSPS) is 25.0. The fourth-order valence-corrected chi connectivity index (χ4v) is 5.48.